The zero-order valence-electron chi connectivity index (χ0n) is 11.8. The number of benzene rings is 1. The lowest BCUT2D eigenvalue weighted by atomic mass is 9.94. The van der Waals surface area contributed by atoms with E-state index in [-0.39, 0.29) is 12.0 Å². The smallest absolute Gasteiger partial charge is 0.246 e. The fourth-order valence-corrected chi connectivity index (χ4v) is 3.96. The van der Waals surface area contributed by atoms with E-state index in [1.54, 1.807) is 6.92 Å². The summed E-state index contributed by atoms with van der Waals surface area (Å²) in [5.74, 6) is -7.45. The molecule has 9 heteroatoms. The monoisotopic (exact) mass is 340 g/mol. The van der Waals surface area contributed by atoms with Crippen LogP contribution >= 0.6 is 0 Å². The molecule has 1 saturated heterocycles. The zero-order chi connectivity index (χ0) is 16.5. The SMILES string of the molecule is CC(NS(=O)(=O)c1c(F)c(F)cc(F)c1F)C1CCCNC1. The standard InChI is InChI=1S/C13H16F4N2O2S/c1-7(8-3-2-4-18-6-8)19-22(20,21)13-11(16)9(14)5-10(15)12(13)17/h5,7-8,18-19H,2-4,6H2,1H3. The van der Waals surface area contributed by atoms with E-state index in [1.807, 2.05) is 0 Å². The Kier molecular flexibility index (Phi) is 5.08. The molecule has 124 valence electrons. The van der Waals surface area contributed by atoms with Crippen LogP contribution in [-0.2, 0) is 10.0 Å². The van der Waals surface area contributed by atoms with E-state index >= 15 is 0 Å². The van der Waals surface area contributed by atoms with E-state index in [2.05, 4.69) is 10.0 Å². The summed E-state index contributed by atoms with van der Waals surface area (Å²) in [5, 5.41) is 3.08. The van der Waals surface area contributed by atoms with Crippen LogP contribution in [0.3, 0.4) is 0 Å². The largest absolute Gasteiger partial charge is 0.316 e. The molecule has 0 amide bonds. The van der Waals surface area contributed by atoms with Gasteiger partial charge >= 0.3 is 0 Å². The Bertz CT molecular complexity index is 634. The molecule has 2 unspecified atom stereocenters. The molecule has 1 heterocycles. The van der Waals surface area contributed by atoms with Crippen molar-refractivity contribution in [2.75, 3.05) is 13.1 Å². The van der Waals surface area contributed by atoms with E-state index in [1.165, 1.54) is 0 Å². The Morgan fingerprint density at radius 3 is 2.32 bits per heavy atom. The van der Waals surface area contributed by atoms with Gasteiger partial charge in [-0.25, -0.2) is 30.7 Å². The molecule has 1 aliphatic rings. The van der Waals surface area contributed by atoms with Crippen molar-refractivity contribution in [3.63, 3.8) is 0 Å². The molecule has 4 nitrogen and oxygen atoms in total. The number of rotatable bonds is 4. The Morgan fingerprint density at radius 1 is 1.23 bits per heavy atom. The van der Waals surface area contributed by atoms with E-state index < -0.39 is 44.2 Å². The Balaban J connectivity index is 2.31. The van der Waals surface area contributed by atoms with Crippen molar-refractivity contribution in [3.8, 4) is 0 Å². The summed E-state index contributed by atoms with van der Waals surface area (Å²) in [7, 11) is -4.72. The summed E-state index contributed by atoms with van der Waals surface area (Å²) in [4.78, 5) is -1.62. The van der Waals surface area contributed by atoms with Gasteiger partial charge < -0.3 is 5.32 Å². The summed E-state index contributed by atoms with van der Waals surface area (Å²) in [5.41, 5.74) is 0. The molecule has 1 aromatic carbocycles. The first-order valence-corrected chi connectivity index (χ1v) is 8.28. The van der Waals surface area contributed by atoms with Crippen LogP contribution in [-0.4, -0.2) is 27.5 Å². The van der Waals surface area contributed by atoms with Crippen LogP contribution in [0.25, 0.3) is 0 Å². The molecule has 0 saturated carbocycles. The second-order valence-electron chi connectivity index (χ2n) is 5.31. The molecule has 0 radical (unpaired) electrons. The van der Waals surface area contributed by atoms with E-state index in [4.69, 9.17) is 0 Å². The first kappa shape index (κ1) is 17.2. The average Bonchev–Trinajstić information content (AvgIpc) is 2.45. The molecule has 0 aliphatic carbocycles. The maximum atomic E-state index is 13.6. The van der Waals surface area contributed by atoms with Crippen LogP contribution < -0.4 is 10.0 Å². The summed E-state index contributed by atoms with van der Waals surface area (Å²) < 4.78 is 79.8. The van der Waals surface area contributed by atoms with Crippen molar-refractivity contribution in [1.29, 1.82) is 0 Å². The number of hydrogen-bond acceptors (Lipinski definition) is 3. The highest BCUT2D eigenvalue weighted by atomic mass is 32.2. The van der Waals surface area contributed by atoms with Gasteiger partial charge in [0, 0.05) is 12.1 Å². The molecule has 1 aromatic rings. The maximum Gasteiger partial charge on any atom is 0.246 e. The van der Waals surface area contributed by atoms with Gasteiger partial charge in [-0.2, -0.15) is 0 Å². The fourth-order valence-electron chi connectivity index (χ4n) is 2.49. The van der Waals surface area contributed by atoms with Gasteiger partial charge in [0.2, 0.25) is 10.0 Å². The molecular formula is C13H16F4N2O2S. The molecule has 1 fully saturated rings. The van der Waals surface area contributed by atoms with Crippen molar-refractivity contribution in [2.24, 2.45) is 5.92 Å². The maximum absolute atomic E-state index is 13.6. The Labute approximate surface area is 126 Å². The number of nitrogens with one attached hydrogen (secondary N) is 2. The average molecular weight is 340 g/mol. The Hall–Kier alpha value is -1.19. The van der Waals surface area contributed by atoms with Crippen molar-refractivity contribution >= 4 is 10.0 Å². The third-order valence-corrected chi connectivity index (χ3v) is 5.30. The molecule has 2 rings (SSSR count). The van der Waals surface area contributed by atoms with Crippen LogP contribution in [0.4, 0.5) is 17.6 Å². The molecule has 0 aromatic heterocycles. The minimum Gasteiger partial charge on any atom is -0.316 e. The summed E-state index contributed by atoms with van der Waals surface area (Å²) >= 11 is 0. The first-order chi connectivity index (χ1) is 10.2. The minimum absolute atomic E-state index is 0.0296. The van der Waals surface area contributed by atoms with Gasteiger partial charge in [0.15, 0.2) is 28.2 Å². The van der Waals surface area contributed by atoms with Crippen molar-refractivity contribution in [1.82, 2.24) is 10.0 Å². The fraction of sp³-hybridized carbons (Fsp3) is 0.538. The highest BCUT2D eigenvalue weighted by Gasteiger charge is 2.32. The van der Waals surface area contributed by atoms with E-state index in [9.17, 15) is 26.0 Å². The van der Waals surface area contributed by atoms with Crippen molar-refractivity contribution in [3.05, 3.63) is 29.3 Å². The highest BCUT2D eigenvalue weighted by Crippen LogP contribution is 2.25. The third-order valence-electron chi connectivity index (χ3n) is 3.72. The number of halogens is 4. The summed E-state index contributed by atoms with van der Waals surface area (Å²) in [6, 6.07) is -0.666. The van der Waals surface area contributed by atoms with Gasteiger partial charge in [0.25, 0.3) is 0 Å². The molecule has 2 atom stereocenters. The van der Waals surface area contributed by atoms with Crippen molar-refractivity contribution in [2.45, 2.75) is 30.7 Å². The van der Waals surface area contributed by atoms with Crippen LogP contribution in [0.2, 0.25) is 0 Å². The van der Waals surface area contributed by atoms with Crippen LogP contribution in [0, 0.1) is 29.2 Å². The second kappa shape index (κ2) is 6.51. The summed E-state index contributed by atoms with van der Waals surface area (Å²) in [6.45, 7) is 2.90. The Morgan fingerprint density at radius 2 is 1.82 bits per heavy atom. The molecule has 0 spiro atoms. The van der Waals surface area contributed by atoms with Crippen molar-refractivity contribution < 1.29 is 26.0 Å². The third kappa shape index (κ3) is 3.41. The van der Waals surface area contributed by atoms with Gasteiger partial charge in [-0.3, -0.25) is 0 Å². The zero-order valence-corrected chi connectivity index (χ0v) is 12.6. The second-order valence-corrected chi connectivity index (χ2v) is 6.96. The molecule has 2 N–H and O–H groups in total. The van der Waals surface area contributed by atoms with Gasteiger partial charge in [0.05, 0.1) is 0 Å². The predicted octanol–water partition coefficient (Wildman–Crippen LogP) is 1.91. The number of sulfonamides is 1. The number of piperidine rings is 1. The molecule has 0 bridgehead atoms. The summed E-state index contributed by atoms with van der Waals surface area (Å²) in [6.07, 6.45) is 1.58. The van der Waals surface area contributed by atoms with E-state index in [0.717, 1.165) is 19.4 Å². The van der Waals surface area contributed by atoms with Gasteiger partial charge in [-0.1, -0.05) is 0 Å². The van der Waals surface area contributed by atoms with E-state index in [0.29, 0.717) is 6.54 Å². The van der Waals surface area contributed by atoms with Gasteiger partial charge in [-0.15, -0.1) is 0 Å². The lowest BCUT2D eigenvalue weighted by Gasteiger charge is -2.28. The molecule has 22 heavy (non-hydrogen) atoms. The number of hydrogen-bond donors (Lipinski definition) is 2. The van der Waals surface area contributed by atoms with Crippen LogP contribution in [0.1, 0.15) is 19.8 Å². The van der Waals surface area contributed by atoms with Gasteiger partial charge in [-0.05, 0) is 38.8 Å². The topological polar surface area (TPSA) is 58.2 Å². The lowest BCUT2D eigenvalue weighted by molar-refractivity contribution is 0.319. The minimum atomic E-state index is -4.72. The molecular weight excluding hydrogens is 324 g/mol. The quantitative estimate of drug-likeness (QED) is 0.650. The normalized spacial score (nSPS) is 20.9. The highest BCUT2D eigenvalue weighted by molar-refractivity contribution is 7.89. The van der Waals surface area contributed by atoms with Crippen LogP contribution in [0.15, 0.2) is 11.0 Å². The molecule has 1 aliphatic heterocycles. The lowest BCUT2D eigenvalue weighted by Crippen LogP contribution is -2.44. The van der Waals surface area contributed by atoms with Crippen LogP contribution in [0.5, 0.6) is 0 Å². The first-order valence-electron chi connectivity index (χ1n) is 6.80. The van der Waals surface area contributed by atoms with Gasteiger partial charge in [0.1, 0.15) is 0 Å². The predicted molar refractivity (Wildman–Crippen MR) is 71.7 cm³/mol.